The maximum absolute atomic E-state index is 13.0. The Labute approximate surface area is 177 Å². The molecule has 1 aromatic heterocycles. The van der Waals surface area contributed by atoms with Crippen LogP contribution < -0.4 is 16.7 Å². The van der Waals surface area contributed by atoms with E-state index in [1.54, 1.807) is 12.1 Å². The molecule has 0 atom stereocenters. The van der Waals surface area contributed by atoms with Crippen LogP contribution in [0.4, 0.5) is 24.8 Å². The summed E-state index contributed by atoms with van der Waals surface area (Å²) in [4.78, 5) is 29.4. The molecule has 3 rings (SSSR count). The Morgan fingerprint density at radius 3 is 2.58 bits per heavy atom. The minimum atomic E-state index is -4.52. The Balaban J connectivity index is 1.99. The smallest absolute Gasteiger partial charge is 0.325 e. The number of aryl methyl sites for hydroxylation is 1. The number of alkyl halides is 3. The van der Waals surface area contributed by atoms with Crippen molar-refractivity contribution < 1.29 is 13.2 Å². The Hall–Kier alpha value is -3.54. The van der Waals surface area contributed by atoms with Crippen molar-refractivity contribution in [2.75, 3.05) is 5.32 Å². The lowest BCUT2D eigenvalue weighted by Crippen LogP contribution is -2.42. The Morgan fingerprint density at radius 2 is 1.90 bits per heavy atom. The maximum Gasteiger partial charge on any atom is 0.416 e. The van der Waals surface area contributed by atoms with E-state index in [1.165, 1.54) is 16.7 Å². The summed E-state index contributed by atoms with van der Waals surface area (Å²) in [5.74, 6) is -0.103. The summed E-state index contributed by atoms with van der Waals surface area (Å²) >= 11 is 0. The molecule has 162 valence electrons. The second-order valence-corrected chi connectivity index (χ2v) is 6.95. The molecular formula is C22H21F3N4O2. The van der Waals surface area contributed by atoms with E-state index in [1.807, 2.05) is 13.0 Å². The maximum atomic E-state index is 13.0. The van der Waals surface area contributed by atoms with Crippen LogP contribution in [0.3, 0.4) is 0 Å². The molecule has 1 heterocycles. The molecule has 1 N–H and O–H groups in total. The summed E-state index contributed by atoms with van der Waals surface area (Å²) in [6.45, 7) is 2.33. The lowest BCUT2D eigenvalue weighted by Gasteiger charge is -2.16. The van der Waals surface area contributed by atoms with Crippen LogP contribution in [0.15, 0.2) is 52.1 Å². The Kier molecular flexibility index (Phi) is 6.80. The molecule has 0 aliphatic carbocycles. The summed E-state index contributed by atoms with van der Waals surface area (Å²) in [5.41, 5.74) is -1.19. The molecule has 0 spiro atoms. The average Bonchev–Trinajstić information content (AvgIpc) is 2.73. The van der Waals surface area contributed by atoms with E-state index in [4.69, 9.17) is 0 Å². The van der Waals surface area contributed by atoms with Gasteiger partial charge in [-0.2, -0.15) is 18.2 Å². The molecular weight excluding hydrogens is 409 g/mol. The first-order valence-corrected chi connectivity index (χ1v) is 9.82. The highest BCUT2D eigenvalue weighted by atomic mass is 19.4. The molecule has 0 saturated carbocycles. The van der Waals surface area contributed by atoms with Crippen LogP contribution in [0.1, 0.15) is 30.9 Å². The van der Waals surface area contributed by atoms with Crippen LogP contribution in [0, 0.1) is 12.1 Å². The van der Waals surface area contributed by atoms with Gasteiger partial charge in [0.1, 0.15) is 0 Å². The topological polar surface area (TPSA) is 68.9 Å². The van der Waals surface area contributed by atoms with Crippen molar-refractivity contribution in [2.45, 2.75) is 45.5 Å². The number of halogens is 3. The lowest BCUT2D eigenvalue weighted by molar-refractivity contribution is -0.137. The van der Waals surface area contributed by atoms with Crippen molar-refractivity contribution in [1.82, 2.24) is 14.1 Å². The number of unbranched alkanes of at least 4 members (excludes halogenated alkanes) is 1. The summed E-state index contributed by atoms with van der Waals surface area (Å²) in [6, 6.07) is 15.4. The molecule has 9 heteroatoms. The molecule has 0 aliphatic heterocycles. The van der Waals surface area contributed by atoms with Gasteiger partial charge in [-0.3, -0.25) is 4.57 Å². The molecule has 0 aliphatic rings. The molecule has 0 fully saturated rings. The van der Waals surface area contributed by atoms with Crippen molar-refractivity contribution in [3.05, 3.63) is 86.7 Å². The van der Waals surface area contributed by atoms with Crippen molar-refractivity contribution in [2.24, 2.45) is 0 Å². The minimum absolute atomic E-state index is 0.0730. The zero-order valence-electron chi connectivity index (χ0n) is 16.9. The van der Waals surface area contributed by atoms with E-state index in [-0.39, 0.29) is 24.7 Å². The number of nitrogens with zero attached hydrogens (tertiary/aromatic N) is 3. The van der Waals surface area contributed by atoms with Crippen LogP contribution in [-0.2, 0) is 25.7 Å². The van der Waals surface area contributed by atoms with Gasteiger partial charge >= 0.3 is 17.6 Å². The molecule has 0 saturated heterocycles. The number of rotatable bonds is 8. The molecule has 0 radical (unpaired) electrons. The predicted octanol–water partition coefficient (Wildman–Crippen LogP) is 3.81. The minimum Gasteiger partial charge on any atom is -0.325 e. The monoisotopic (exact) mass is 430 g/mol. The number of hydrogen-bond acceptors (Lipinski definition) is 4. The average molecular weight is 430 g/mol. The highest BCUT2D eigenvalue weighted by Gasteiger charge is 2.30. The van der Waals surface area contributed by atoms with Crippen LogP contribution >= 0.6 is 0 Å². The number of nitrogens with one attached hydrogen (secondary N) is 1. The van der Waals surface area contributed by atoms with Gasteiger partial charge in [0.2, 0.25) is 5.95 Å². The fourth-order valence-corrected chi connectivity index (χ4v) is 3.01. The van der Waals surface area contributed by atoms with Gasteiger partial charge in [0.25, 0.3) is 0 Å². The lowest BCUT2D eigenvalue weighted by atomic mass is 10.2. The number of benzene rings is 1. The molecule has 0 amide bonds. The van der Waals surface area contributed by atoms with Gasteiger partial charge in [-0.1, -0.05) is 31.5 Å². The van der Waals surface area contributed by atoms with E-state index in [9.17, 15) is 22.8 Å². The van der Waals surface area contributed by atoms with Gasteiger partial charge < -0.3 is 5.32 Å². The molecule has 0 bridgehead atoms. The summed E-state index contributed by atoms with van der Waals surface area (Å²) < 4.78 is 41.4. The van der Waals surface area contributed by atoms with E-state index >= 15 is 0 Å². The number of hydrogen-bond donors (Lipinski definition) is 1. The second kappa shape index (κ2) is 9.51. The van der Waals surface area contributed by atoms with E-state index in [2.05, 4.69) is 22.4 Å². The zero-order chi connectivity index (χ0) is 22.4. The van der Waals surface area contributed by atoms with Gasteiger partial charge in [0.05, 0.1) is 5.56 Å². The molecule has 2 aromatic carbocycles. The van der Waals surface area contributed by atoms with Gasteiger partial charge in [0, 0.05) is 18.8 Å². The first kappa shape index (κ1) is 22.2. The first-order chi connectivity index (χ1) is 14.8. The van der Waals surface area contributed by atoms with Gasteiger partial charge in [-0.05, 0) is 54.8 Å². The highest BCUT2D eigenvalue weighted by molar-refractivity contribution is 5.54. The van der Waals surface area contributed by atoms with Crippen LogP contribution in [0.5, 0.6) is 0 Å². The van der Waals surface area contributed by atoms with E-state index in [0.717, 1.165) is 28.7 Å². The van der Waals surface area contributed by atoms with E-state index < -0.39 is 23.1 Å². The third kappa shape index (κ3) is 5.54. The normalized spacial score (nSPS) is 11.2. The molecule has 3 aromatic rings. The summed E-state index contributed by atoms with van der Waals surface area (Å²) in [5, 5.41) is 2.71. The zero-order valence-corrected chi connectivity index (χ0v) is 16.9. The highest BCUT2D eigenvalue weighted by Crippen LogP contribution is 2.31. The van der Waals surface area contributed by atoms with Crippen molar-refractivity contribution in [1.29, 1.82) is 0 Å². The predicted molar refractivity (Wildman–Crippen MR) is 110 cm³/mol. The van der Waals surface area contributed by atoms with Crippen molar-refractivity contribution >= 4 is 11.6 Å². The van der Waals surface area contributed by atoms with Crippen LogP contribution in [0.2, 0.25) is 0 Å². The summed E-state index contributed by atoms with van der Waals surface area (Å²) in [6.07, 6.45) is -2.67. The second-order valence-electron chi connectivity index (χ2n) is 6.95. The van der Waals surface area contributed by atoms with Crippen LogP contribution in [0.25, 0.3) is 0 Å². The van der Waals surface area contributed by atoms with Crippen molar-refractivity contribution in [3.8, 4) is 0 Å². The van der Waals surface area contributed by atoms with E-state index in [0.29, 0.717) is 12.8 Å². The quantitative estimate of drug-likeness (QED) is 0.590. The number of aromatic nitrogens is 3. The van der Waals surface area contributed by atoms with Crippen molar-refractivity contribution in [3.63, 3.8) is 0 Å². The van der Waals surface area contributed by atoms with Gasteiger partial charge in [-0.15, -0.1) is 0 Å². The van der Waals surface area contributed by atoms with Gasteiger partial charge in [-0.25, -0.2) is 14.2 Å². The standard InChI is InChI=1S/C22H21F3N4O2/c1-2-3-13-29-20(30)27-19(26-18-11-7-10-17(15-18)22(23,24)25)28(21(29)31)14-12-16-8-5-4-6-9-16/h5,7-11,15H,2-3,12-14H2,1H3,(H,26,27,30). The molecule has 0 unspecified atom stereocenters. The third-order valence-electron chi connectivity index (χ3n) is 4.68. The SMILES string of the molecule is CCCCn1c(=O)nc(Nc2cccc(C(F)(F)F)c2)n(CCc2cc#ccc2)c1=O. The van der Waals surface area contributed by atoms with Gasteiger partial charge in [0.15, 0.2) is 0 Å². The summed E-state index contributed by atoms with van der Waals surface area (Å²) in [7, 11) is 0. The third-order valence-corrected chi connectivity index (χ3v) is 4.68. The molecule has 6 nitrogen and oxygen atoms in total. The Bertz CT molecular complexity index is 1140. The fraction of sp³-hybridized carbons (Fsp3) is 0.318. The Morgan fingerprint density at radius 1 is 1.10 bits per heavy atom. The first-order valence-electron chi connectivity index (χ1n) is 9.82. The fourth-order valence-electron chi connectivity index (χ4n) is 3.01. The van der Waals surface area contributed by atoms with Crippen LogP contribution in [-0.4, -0.2) is 14.1 Å². The largest absolute Gasteiger partial charge is 0.416 e. The molecule has 31 heavy (non-hydrogen) atoms. The number of anilines is 2.